The van der Waals surface area contributed by atoms with Crippen molar-refractivity contribution in [1.82, 2.24) is 0 Å². The summed E-state index contributed by atoms with van der Waals surface area (Å²) < 4.78 is 5.31. The number of carbonyl (C=O) groups excluding carboxylic acids is 2. The van der Waals surface area contributed by atoms with Crippen molar-refractivity contribution in [3.8, 4) is 23.0 Å². The Morgan fingerprint density at radius 1 is 0.789 bits per heavy atom. The van der Waals surface area contributed by atoms with Crippen LogP contribution in [-0.4, -0.2) is 22.8 Å². The van der Waals surface area contributed by atoms with Crippen LogP contribution in [0.4, 0.5) is 0 Å². The summed E-state index contributed by atoms with van der Waals surface area (Å²) in [5.74, 6) is -0.325. The predicted molar refractivity (Wildman–Crippen MR) is 67.1 cm³/mol. The fourth-order valence-electron chi connectivity index (χ4n) is 1.49. The second-order valence-electron chi connectivity index (χ2n) is 3.79. The maximum Gasteiger partial charge on any atom is 0.169 e. The minimum atomic E-state index is -0.179. The molecule has 19 heavy (non-hydrogen) atoms. The maximum absolute atomic E-state index is 10.7. The number of ether oxygens (including phenoxy) is 1. The van der Waals surface area contributed by atoms with E-state index in [-0.39, 0.29) is 23.0 Å². The largest absolute Gasteiger partial charge is 0.504 e. The van der Waals surface area contributed by atoms with Crippen molar-refractivity contribution in [3.63, 3.8) is 0 Å². The Morgan fingerprint density at radius 3 is 1.58 bits per heavy atom. The van der Waals surface area contributed by atoms with Crippen molar-refractivity contribution in [1.29, 1.82) is 0 Å². The molecule has 0 spiro atoms. The molecule has 0 bridgehead atoms. The molecule has 96 valence electrons. The van der Waals surface area contributed by atoms with E-state index in [1.165, 1.54) is 36.4 Å². The highest BCUT2D eigenvalue weighted by molar-refractivity contribution is 5.77. The quantitative estimate of drug-likeness (QED) is 0.823. The number of phenolic OH excluding ortho intramolecular Hbond substituents is 2. The first-order valence-electron chi connectivity index (χ1n) is 5.38. The average molecular weight is 258 g/mol. The van der Waals surface area contributed by atoms with Gasteiger partial charge in [-0.3, -0.25) is 9.59 Å². The average Bonchev–Trinajstić information content (AvgIpc) is 2.43. The second kappa shape index (κ2) is 5.22. The highest BCUT2D eigenvalue weighted by Gasteiger charge is 2.09. The van der Waals surface area contributed by atoms with E-state index in [9.17, 15) is 19.8 Å². The van der Waals surface area contributed by atoms with Crippen LogP contribution in [0.2, 0.25) is 0 Å². The molecule has 2 rings (SSSR count). The van der Waals surface area contributed by atoms with Crippen LogP contribution >= 0.6 is 0 Å². The van der Waals surface area contributed by atoms with Gasteiger partial charge in [-0.15, -0.1) is 0 Å². The summed E-state index contributed by atoms with van der Waals surface area (Å²) in [5.41, 5.74) is 0.637. The molecule has 0 atom stereocenters. The zero-order valence-electron chi connectivity index (χ0n) is 9.74. The van der Waals surface area contributed by atoms with Gasteiger partial charge in [-0.25, -0.2) is 0 Å². The van der Waals surface area contributed by atoms with Crippen molar-refractivity contribution < 1.29 is 24.5 Å². The smallest absolute Gasteiger partial charge is 0.169 e. The molecule has 0 saturated heterocycles. The van der Waals surface area contributed by atoms with E-state index >= 15 is 0 Å². The lowest BCUT2D eigenvalue weighted by Crippen LogP contribution is -1.89. The topological polar surface area (TPSA) is 83.8 Å². The van der Waals surface area contributed by atoms with Crippen LogP contribution in [-0.2, 0) is 0 Å². The minimum absolute atomic E-state index is 0.0166. The molecule has 0 aromatic heterocycles. The SMILES string of the molecule is O=Cc1ccc(O)c(Oc2cc(C=O)ccc2O)c1. The summed E-state index contributed by atoms with van der Waals surface area (Å²) >= 11 is 0. The Hall–Kier alpha value is -2.82. The molecule has 0 amide bonds. The Labute approximate surface area is 108 Å². The van der Waals surface area contributed by atoms with E-state index in [0.29, 0.717) is 23.7 Å². The number of carbonyl (C=O) groups is 2. The first-order valence-corrected chi connectivity index (χ1v) is 5.38. The highest BCUT2D eigenvalue weighted by atomic mass is 16.5. The van der Waals surface area contributed by atoms with Crippen LogP contribution in [0.25, 0.3) is 0 Å². The molecule has 2 aromatic rings. The lowest BCUT2D eigenvalue weighted by Gasteiger charge is -2.10. The van der Waals surface area contributed by atoms with E-state index < -0.39 is 0 Å². The lowest BCUT2D eigenvalue weighted by molar-refractivity contribution is 0.111. The zero-order chi connectivity index (χ0) is 13.8. The third kappa shape index (κ3) is 2.71. The Kier molecular flexibility index (Phi) is 3.47. The minimum Gasteiger partial charge on any atom is -0.504 e. The number of hydrogen-bond acceptors (Lipinski definition) is 5. The highest BCUT2D eigenvalue weighted by Crippen LogP contribution is 2.35. The standard InChI is InChI=1S/C14H10O5/c15-7-9-1-3-11(17)13(5-9)19-14-6-10(8-16)2-4-12(14)18/h1-8,17-18H. The molecule has 0 aliphatic heterocycles. The van der Waals surface area contributed by atoms with Crippen LogP contribution in [0.1, 0.15) is 20.7 Å². The molecular formula is C14H10O5. The summed E-state index contributed by atoms with van der Waals surface area (Å²) in [6.07, 6.45) is 1.21. The molecule has 0 saturated carbocycles. The Balaban J connectivity index is 2.40. The molecule has 0 aliphatic rings. The monoisotopic (exact) mass is 258 g/mol. The van der Waals surface area contributed by atoms with Crippen molar-refractivity contribution in [2.45, 2.75) is 0 Å². The molecular weight excluding hydrogens is 248 g/mol. The van der Waals surface area contributed by atoms with Gasteiger partial charge in [-0.1, -0.05) is 0 Å². The van der Waals surface area contributed by atoms with Gasteiger partial charge in [-0.2, -0.15) is 0 Å². The van der Waals surface area contributed by atoms with Gasteiger partial charge in [0.1, 0.15) is 12.6 Å². The summed E-state index contributed by atoms with van der Waals surface area (Å²) in [4.78, 5) is 21.3. The van der Waals surface area contributed by atoms with Crippen molar-refractivity contribution in [2.24, 2.45) is 0 Å². The molecule has 0 heterocycles. The fourth-order valence-corrected chi connectivity index (χ4v) is 1.49. The summed E-state index contributed by atoms with van der Waals surface area (Å²) in [5, 5.41) is 19.2. The van der Waals surface area contributed by atoms with E-state index in [2.05, 4.69) is 0 Å². The number of aldehydes is 2. The third-order valence-electron chi connectivity index (χ3n) is 2.46. The van der Waals surface area contributed by atoms with Gasteiger partial charge in [0.15, 0.2) is 23.0 Å². The van der Waals surface area contributed by atoms with Gasteiger partial charge in [0.25, 0.3) is 0 Å². The van der Waals surface area contributed by atoms with Crippen molar-refractivity contribution in [3.05, 3.63) is 47.5 Å². The van der Waals surface area contributed by atoms with Crippen LogP contribution in [0, 0.1) is 0 Å². The lowest BCUT2D eigenvalue weighted by atomic mass is 10.2. The van der Waals surface area contributed by atoms with Gasteiger partial charge in [-0.05, 0) is 36.4 Å². The fraction of sp³-hybridized carbons (Fsp3) is 0. The number of phenols is 2. The number of rotatable bonds is 4. The van der Waals surface area contributed by atoms with Crippen molar-refractivity contribution >= 4 is 12.6 Å². The van der Waals surface area contributed by atoms with Gasteiger partial charge < -0.3 is 14.9 Å². The predicted octanol–water partition coefficient (Wildman–Crippen LogP) is 2.52. The van der Waals surface area contributed by atoms with Crippen LogP contribution < -0.4 is 4.74 Å². The Morgan fingerprint density at radius 2 is 1.21 bits per heavy atom. The van der Waals surface area contributed by atoms with E-state index in [1.807, 2.05) is 0 Å². The van der Waals surface area contributed by atoms with Crippen molar-refractivity contribution in [2.75, 3.05) is 0 Å². The van der Waals surface area contributed by atoms with E-state index in [1.54, 1.807) is 0 Å². The number of aromatic hydroxyl groups is 2. The van der Waals surface area contributed by atoms with Gasteiger partial charge in [0.2, 0.25) is 0 Å². The second-order valence-corrected chi connectivity index (χ2v) is 3.79. The van der Waals surface area contributed by atoms with Gasteiger partial charge >= 0.3 is 0 Å². The van der Waals surface area contributed by atoms with Gasteiger partial charge in [0.05, 0.1) is 0 Å². The van der Waals surface area contributed by atoms with Crippen LogP contribution in [0.15, 0.2) is 36.4 Å². The summed E-state index contributed by atoms with van der Waals surface area (Å²) in [6.45, 7) is 0. The summed E-state index contributed by atoms with van der Waals surface area (Å²) in [7, 11) is 0. The van der Waals surface area contributed by atoms with Crippen LogP contribution in [0.3, 0.4) is 0 Å². The zero-order valence-corrected chi connectivity index (χ0v) is 9.74. The molecule has 2 N–H and O–H groups in total. The molecule has 0 fully saturated rings. The molecule has 0 unspecified atom stereocenters. The molecule has 0 radical (unpaired) electrons. The Bertz CT molecular complexity index is 578. The normalized spacial score (nSPS) is 9.89. The van der Waals surface area contributed by atoms with Crippen LogP contribution in [0.5, 0.6) is 23.0 Å². The number of benzene rings is 2. The first kappa shape index (κ1) is 12.6. The first-order chi connectivity index (χ1) is 9.13. The molecule has 0 aliphatic carbocycles. The molecule has 5 nitrogen and oxygen atoms in total. The van der Waals surface area contributed by atoms with E-state index in [0.717, 1.165) is 0 Å². The molecule has 5 heteroatoms. The summed E-state index contributed by atoms with van der Waals surface area (Å²) in [6, 6.07) is 8.12. The molecule has 2 aromatic carbocycles. The number of hydrogen-bond donors (Lipinski definition) is 2. The van der Waals surface area contributed by atoms with Gasteiger partial charge in [0, 0.05) is 11.1 Å². The maximum atomic E-state index is 10.7. The van der Waals surface area contributed by atoms with E-state index in [4.69, 9.17) is 4.74 Å². The third-order valence-corrected chi connectivity index (χ3v) is 2.46.